The maximum absolute atomic E-state index is 14.5. The zero-order chi connectivity index (χ0) is 55.5. The van der Waals surface area contributed by atoms with Crippen LogP contribution < -0.4 is 0 Å². The molecule has 31 heteroatoms. The molecular formula is C45H42N10O18S3. The second-order valence-corrected chi connectivity index (χ2v) is 22.2. The number of nitrogens with zero attached hydrogens (tertiary/aromatic N) is 10. The van der Waals surface area contributed by atoms with E-state index in [1.165, 1.54) is 41.3 Å². The van der Waals surface area contributed by atoms with Gasteiger partial charge in [-0.05, 0) is 53.1 Å². The molecule has 0 spiro atoms. The van der Waals surface area contributed by atoms with Crippen molar-refractivity contribution in [2.24, 2.45) is 0 Å². The highest BCUT2D eigenvalue weighted by molar-refractivity contribution is 7.89. The Morgan fingerprint density at radius 3 is 0.618 bits per heavy atom. The molecule has 0 saturated heterocycles. The van der Waals surface area contributed by atoms with Gasteiger partial charge in [0, 0.05) is 132 Å². The summed E-state index contributed by atoms with van der Waals surface area (Å²) in [4.78, 5) is 64.8. The molecule has 0 saturated carbocycles. The molecule has 0 aliphatic heterocycles. The summed E-state index contributed by atoms with van der Waals surface area (Å²) in [5.41, 5.74) is -1.52. The molecule has 0 aliphatic carbocycles. The Hall–Kier alpha value is -8.59. The Kier molecular flexibility index (Phi) is 18.0. The van der Waals surface area contributed by atoms with E-state index in [4.69, 9.17) is 0 Å². The van der Waals surface area contributed by atoms with Crippen molar-refractivity contribution in [3.8, 4) is 0 Å². The molecule has 0 aliphatic rings. The van der Waals surface area contributed by atoms with Gasteiger partial charge in [0.15, 0.2) is 0 Å². The van der Waals surface area contributed by atoms with Gasteiger partial charge in [-0.15, -0.1) is 0 Å². The van der Waals surface area contributed by atoms with Crippen LogP contribution in [-0.4, -0.2) is 112 Å². The molecule has 6 aromatic carbocycles. The lowest BCUT2D eigenvalue weighted by Crippen LogP contribution is -2.45. The zero-order valence-corrected chi connectivity index (χ0v) is 41.7. The van der Waals surface area contributed by atoms with E-state index < -0.39 is 131 Å². The molecule has 0 unspecified atom stereocenters. The number of rotatable bonds is 27. The van der Waals surface area contributed by atoms with E-state index in [0.717, 1.165) is 122 Å². The lowest BCUT2D eigenvalue weighted by molar-refractivity contribution is -0.385. The Morgan fingerprint density at radius 2 is 0.447 bits per heavy atom. The first kappa shape index (κ1) is 56.7. The SMILES string of the molecule is O=[N+]([O-])c1ccc(CN(CCN(CCN(Cc2ccc([N+](=O)[O-])cc2)S(=O)(=O)c2ccc([N+](=O)[O-])cc2)CCN(Cc2ccc([N+](=O)[O-])cc2)S(=O)(=O)c2ccc([N+](=O)[O-])cc2)S(=O)(=O)c2ccc([N+](=O)[O-])cc2)cc1. The second kappa shape index (κ2) is 24.2. The first-order valence-electron chi connectivity index (χ1n) is 22.0. The van der Waals surface area contributed by atoms with Gasteiger partial charge in [0.1, 0.15) is 0 Å². The number of nitro benzene ring substituents is 6. The van der Waals surface area contributed by atoms with Gasteiger partial charge in [0.05, 0.1) is 44.2 Å². The Morgan fingerprint density at radius 1 is 0.276 bits per heavy atom. The maximum atomic E-state index is 14.5. The summed E-state index contributed by atoms with van der Waals surface area (Å²) in [6.45, 7) is -3.82. The van der Waals surface area contributed by atoms with E-state index in [9.17, 15) is 85.9 Å². The Labute approximate surface area is 431 Å². The molecule has 398 valence electrons. The monoisotopic (exact) mass is 1110 g/mol. The summed E-state index contributed by atoms with van der Waals surface area (Å²) in [5.74, 6) is 0. The number of nitro groups is 6. The number of benzene rings is 6. The summed E-state index contributed by atoms with van der Waals surface area (Å²) in [6.07, 6.45) is 0. The van der Waals surface area contributed by atoms with Crippen LogP contribution in [0.1, 0.15) is 16.7 Å². The largest absolute Gasteiger partial charge is 0.299 e. The van der Waals surface area contributed by atoms with E-state index in [1.54, 1.807) is 0 Å². The standard InChI is InChI=1S/C45H42N10O18S3/c56-50(57)37-7-1-34(2-8-37)31-47(74(68,69)43-19-13-40(14-20-43)53(62)63)28-25-46(26-29-48(32-35-3-9-38(10-4-35)51(58)59)75(70,71)44-21-15-41(16-22-44)54(64)65)27-30-49(33-36-5-11-39(12-6-36)52(60)61)76(72,73)45-23-17-42(18-24-45)55(66)67/h1-24H,25-33H2. The van der Waals surface area contributed by atoms with E-state index in [0.29, 0.717) is 0 Å². The molecule has 0 aromatic heterocycles. The lowest BCUT2D eigenvalue weighted by atomic mass is 10.2. The molecule has 0 atom stereocenters. The third-order valence-electron chi connectivity index (χ3n) is 11.6. The van der Waals surface area contributed by atoms with Gasteiger partial charge >= 0.3 is 0 Å². The molecule has 0 radical (unpaired) electrons. The summed E-state index contributed by atoms with van der Waals surface area (Å²) < 4.78 is 89.6. The predicted octanol–water partition coefficient (Wildman–Crippen LogP) is 6.41. The van der Waals surface area contributed by atoms with Crippen molar-refractivity contribution in [1.29, 1.82) is 0 Å². The first-order chi connectivity index (χ1) is 35.9. The van der Waals surface area contributed by atoms with Crippen LogP contribution in [0.3, 0.4) is 0 Å². The lowest BCUT2D eigenvalue weighted by Gasteiger charge is -2.31. The highest BCUT2D eigenvalue weighted by Gasteiger charge is 2.31. The molecule has 6 rings (SSSR count). The van der Waals surface area contributed by atoms with Gasteiger partial charge in [-0.2, -0.15) is 12.9 Å². The third kappa shape index (κ3) is 14.2. The van der Waals surface area contributed by atoms with Crippen LogP contribution >= 0.6 is 0 Å². The average Bonchev–Trinajstić information content (AvgIpc) is 3.40. The minimum atomic E-state index is -4.62. The van der Waals surface area contributed by atoms with E-state index in [-0.39, 0.29) is 53.4 Å². The topological polar surface area (TPSA) is 374 Å². The van der Waals surface area contributed by atoms with Gasteiger partial charge in [-0.1, -0.05) is 36.4 Å². The third-order valence-corrected chi connectivity index (χ3v) is 17.1. The van der Waals surface area contributed by atoms with Crippen LogP contribution in [0, 0.1) is 60.7 Å². The van der Waals surface area contributed by atoms with E-state index >= 15 is 0 Å². The fourth-order valence-corrected chi connectivity index (χ4v) is 11.7. The first-order valence-corrected chi connectivity index (χ1v) is 26.3. The Balaban J connectivity index is 1.42. The van der Waals surface area contributed by atoms with Crippen LogP contribution in [0.2, 0.25) is 0 Å². The van der Waals surface area contributed by atoms with E-state index in [2.05, 4.69) is 0 Å². The molecular weight excluding hydrogens is 1060 g/mol. The van der Waals surface area contributed by atoms with Gasteiger partial charge in [-0.25, -0.2) is 25.3 Å². The summed E-state index contributed by atoms with van der Waals surface area (Å²) >= 11 is 0. The van der Waals surface area contributed by atoms with Crippen molar-refractivity contribution in [2.45, 2.75) is 34.3 Å². The highest BCUT2D eigenvalue weighted by Crippen LogP contribution is 2.27. The number of non-ortho nitro benzene ring substituents is 6. The van der Waals surface area contributed by atoms with Crippen LogP contribution in [-0.2, 0) is 49.7 Å². The van der Waals surface area contributed by atoms with Gasteiger partial charge in [0.2, 0.25) is 30.1 Å². The average molecular weight is 1110 g/mol. The number of hydrogen-bond donors (Lipinski definition) is 0. The molecule has 76 heavy (non-hydrogen) atoms. The van der Waals surface area contributed by atoms with Crippen LogP contribution in [0.5, 0.6) is 0 Å². The van der Waals surface area contributed by atoms with Crippen molar-refractivity contribution in [3.63, 3.8) is 0 Å². The Bertz CT molecular complexity index is 3100. The van der Waals surface area contributed by atoms with E-state index in [1.807, 2.05) is 0 Å². The van der Waals surface area contributed by atoms with Crippen LogP contribution in [0.4, 0.5) is 34.1 Å². The van der Waals surface area contributed by atoms with Crippen molar-refractivity contribution >= 4 is 64.2 Å². The zero-order valence-electron chi connectivity index (χ0n) is 39.3. The van der Waals surface area contributed by atoms with Gasteiger partial charge in [0.25, 0.3) is 34.1 Å². The van der Waals surface area contributed by atoms with Crippen molar-refractivity contribution in [2.75, 3.05) is 39.3 Å². The van der Waals surface area contributed by atoms with Crippen LogP contribution in [0.25, 0.3) is 0 Å². The van der Waals surface area contributed by atoms with Crippen molar-refractivity contribution in [1.82, 2.24) is 17.8 Å². The fraction of sp³-hybridized carbons (Fsp3) is 0.200. The quantitative estimate of drug-likeness (QED) is 0.0397. The van der Waals surface area contributed by atoms with Gasteiger partial charge in [-0.3, -0.25) is 65.6 Å². The minimum absolute atomic E-state index is 0.245. The molecule has 0 heterocycles. The molecule has 0 fully saturated rings. The van der Waals surface area contributed by atoms with Crippen molar-refractivity contribution < 1.29 is 54.8 Å². The molecule has 28 nitrogen and oxygen atoms in total. The number of hydrogen-bond acceptors (Lipinski definition) is 19. The molecule has 0 amide bonds. The summed E-state index contributed by atoms with van der Waals surface area (Å²) in [6, 6.07) is 26.3. The molecule has 0 N–H and O–H groups in total. The summed E-state index contributed by atoms with van der Waals surface area (Å²) in [5, 5.41) is 68.8. The number of sulfonamides is 3. The normalized spacial score (nSPS) is 12.0. The van der Waals surface area contributed by atoms with Crippen molar-refractivity contribution in [3.05, 3.63) is 223 Å². The minimum Gasteiger partial charge on any atom is -0.299 e. The highest BCUT2D eigenvalue weighted by atomic mass is 32.2. The molecule has 6 aromatic rings. The smallest absolute Gasteiger partial charge is 0.269 e. The maximum Gasteiger partial charge on any atom is 0.269 e. The molecule has 0 bridgehead atoms. The summed E-state index contributed by atoms with van der Waals surface area (Å²) in [7, 11) is -13.9. The predicted molar refractivity (Wildman–Crippen MR) is 268 cm³/mol. The van der Waals surface area contributed by atoms with Gasteiger partial charge < -0.3 is 0 Å². The second-order valence-electron chi connectivity index (χ2n) is 16.4. The fourth-order valence-electron chi connectivity index (χ4n) is 7.39. The van der Waals surface area contributed by atoms with Crippen LogP contribution in [0.15, 0.2) is 160 Å².